The van der Waals surface area contributed by atoms with Crippen LogP contribution in [0.3, 0.4) is 0 Å². The molecule has 2 aromatic rings. The third-order valence-electron chi connectivity index (χ3n) is 2.51. The van der Waals surface area contributed by atoms with Gasteiger partial charge in [0.2, 0.25) is 0 Å². The van der Waals surface area contributed by atoms with Crippen LogP contribution in [0, 0.1) is 0 Å². The van der Waals surface area contributed by atoms with Crippen molar-refractivity contribution in [3.8, 4) is 0 Å². The summed E-state index contributed by atoms with van der Waals surface area (Å²) in [5.41, 5.74) is 4.87. The average Bonchev–Trinajstić information content (AvgIpc) is 2.88. The molecule has 0 aliphatic heterocycles. The van der Waals surface area contributed by atoms with E-state index in [0.29, 0.717) is 0 Å². The molecule has 0 unspecified atom stereocenters. The number of primary amides is 1. The molecule has 0 saturated carbocycles. The van der Waals surface area contributed by atoms with Gasteiger partial charge in [-0.05, 0) is 12.1 Å². The fourth-order valence-electron chi connectivity index (χ4n) is 1.62. The number of rotatable bonds is 4. The van der Waals surface area contributed by atoms with Gasteiger partial charge in [0, 0.05) is 0 Å². The number of aromatic carboxylic acids is 1. The topological polar surface area (TPSA) is 138 Å². The Morgan fingerprint density at radius 3 is 2.60 bits per heavy atom. The van der Waals surface area contributed by atoms with Gasteiger partial charge >= 0.3 is 5.97 Å². The highest BCUT2D eigenvalue weighted by Gasteiger charge is 2.20. The molecular formula is C12H10N4O4. The molecule has 8 nitrogen and oxygen atoms in total. The molecule has 2 rings (SSSR count). The molecule has 8 heteroatoms. The van der Waals surface area contributed by atoms with Gasteiger partial charge in [-0.3, -0.25) is 9.59 Å². The predicted molar refractivity (Wildman–Crippen MR) is 68.5 cm³/mol. The van der Waals surface area contributed by atoms with Crippen molar-refractivity contribution in [3.05, 3.63) is 47.5 Å². The maximum atomic E-state index is 12.0. The number of nitrogens with zero attached hydrogens (tertiary/aromatic N) is 1. The van der Waals surface area contributed by atoms with Crippen molar-refractivity contribution in [3.63, 3.8) is 0 Å². The first-order valence-electron chi connectivity index (χ1n) is 5.47. The fourth-order valence-corrected chi connectivity index (χ4v) is 1.62. The van der Waals surface area contributed by atoms with Crippen LogP contribution in [-0.4, -0.2) is 32.9 Å². The minimum absolute atomic E-state index is 0.119. The van der Waals surface area contributed by atoms with Gasteiger partial charge in [-0.2, -0.15) is 0 Å². The van der Waals surface area contributed by atoms with Crippen molar-refractivity contribution in [2.45, 2.75) is 0 Å². The number of nitrogens with two attached hydrogens (primary N) is 1. The minimum Gasteiger partial charge on any atom is -0.477 e. The molecule has 0 aliphatic rings. The number of carbonyl (C=O) groups is 3. The summed E-state index contributed by atoms with van der Waals surface area (Å²) in [4.78, 5) is 40.1. The summed E-state index contributed by atoms with van der Waals surface area (Å²) in [7, 11) is 0. The largest absolute Gasteiger partial charge is 0.477 e. The van der Waals surface area contributed by atoms with Crippen LogP contribution in [-0.2, 0) is 0 Å². The van der Waals surface area contributed by atoms with Gasteiger partial charge in [-0.1, -0.05) is 12.1 Å². The van der Waals surface area contributed by atoms with E-state index in [4.69, 9.17) is 10.8 Å². The smallest absolute Gasteiger partial charge is 0.354 e. The van der Waals surface area contributed by atoms with Gasteiger partial charge in [0.05, 0.1) is 17.6 Å². The Morgan fingerprint density at radius 2 is 1.95 bits per heavy atom. The number of imidazole rings is 1. The summed E-state index contributed by atoms with van der Waals surface area (Å²) in [5.74, 6) is -2.77. The van der Waals surface area contributed by atoms with Crippen LogP contribution in [0.4, 0.5) is 5.69 Å². The molecule has 1 aromatic heterocycles. The second kappa shape index (κ2) is 5.22. The van der Waals surface area contributed by atoms with E-state index in [9.17, 15) is 14.4 Å². The number of nitrogens with one attached hydrogen (secondary N) is 2. The van der Waals surface area contributed by atoms with Crippen LogP contribution in [0.5, 0.6) is 0 Å². The van der Waals surface area contributed by atoms with Crippen molar-refractivity contribution in [1.29, 1.82) is 0 Å². The van der Waals surface area contributed by atoms with E-state index in [0.717, 1.165) is 6.33 Å². The molecule has 0 spiro atoms. The first kappa shape index (κ1) is 13.3. The molecule has 20 heavy (non-hydrogen) atoms. The van der Waals surface area contributed by atoms with E-state index in [1.54, 1.807) is 12.1 Å². The lowest BCUT2D eigenvalue weighted by molar-refractivity contribution is 0.0686. The molecule has 0 aliphatic carbocycles. The van der Waals surface area contributed by atoms with Crippen LogP contribution in [0.25, 0.3) is 0 Å². The summed E-state index contributed by atoms with van der Waals surface area (Å²) >= 11 is 0. The summed E-state index contributed by atoms with van der Waals surface area (Å²) in [5, 5.41) is 11.3. The average molecular weight is 274 g/mol. The Bertz CT molecular complexity index is 692. The summed E-state index contributed by atoms with van der Waals surface area (Å²) in [6.45, 7) is 0. The van der Waals surface area contributed by atoms with Gasteiger partial charge in [0.25, 0.3) is 11.8 Å². The fraction of sp³-hybridized carbons (Fsp3) is 0. The highest BCUT2D eigenvalue weighted by molar-refractivity contribution is 6.11. The zero-order valence-corrected chi connectivity index (χ0v) is 10.1. The molecule has 0 bridgehead atoms. The Balaban J connectivity index is 2.31. The monoisotopic (exact) mass is 274 g/mol. The maximum Gasteiger partial charge on any atom is 0.354 e. The number of H-pyrrole nitrogens is 1. The van der Waals surface area contributed by atoms with Crippen LogP contribution < -0.4 is 11.1 Å². The second-order valence-corrected chi connectivity index (χ2v) is 3.80. The van der Waals surface area contributed by atoms with Gasteiger partial charge < -0.3 is 21.1 Å². The lowest BCUT2D eigenvalue weighted by Crippen LogP contribution is -2.20. The summed E-state index contributed by atoms with van der Waals surface area (Å²) < 4.78 is 0. The van der Waals surface area contributed by atoms with Crippen molar-refractivity contribution in [2.24, 2.45) is 5.73 Å². The molecule has 0 saturated heterocycles. The molecular weight excluding hydrogens is 264 g/mol. The van der Waals surface area contributed by atoms with Crippen LogP contribution >= 0.6 is 0 Å². The number of anilines is 1. The molecule has 2 amide bonds. The van der Waals surface area contributed by atoms with Gasteiger partial charge in [-0.15, -0.1) is 0 Å². The van der Waals surface area contributed by atoms with Crippen molar-refractivity contribution in [2.75, 3.05) is 5.32 Å². The predicted octanol–water partition coefficient (Wildman–Crippen LogP) is 0.459. The highest BCUT2D eigenvalue weighted by Crippen LogP contribution is 2.16. The normalized spacial score (nSPS) is 10.0. The number of carboxylic acids is 1. The van der Waals surface area contributed by atoms with Crippen LogP contribution in [0.2, 0.25) is 0 Å². The third kappa shape index (κ3) is 2.48. The first-order valence-corrected chi connectivity index (χ1v) is 5.47. The number of aromatic amines is 1. The van der Waals surface area contributed by atoms with Crippen LogP contribution in [0.15, 0.2) is 30.6 Å². The quantitative estimate of drug-likeness (QED) is 0.641. The number of aromatic nitrogens is 2. The number of carbonyl (C=O) groups excluding carboxylic acids is 2. The van der Waals surface area contributed by atoms with E-state index in [-0.39, 0.29) is 22.6 Å². The zero-order chi connectivity index (χ0) is 14.7. The number of benzene rings is 1. The summed E-state index contributed by atoms with van der Waals surface area (Å²) in [6.07, 6.45) is 1.10. The standard InChI is InChI=1S/C12H10N4O4/c13-10(17)6-3-1-2-4-7(6)16-11(18)8-9(12(19)20)15-5-14-8/h1-5H,(H2,13,17)(H,14,15)(H,16,18)(H,19,20). The molecule has 1 aromatic carbocycles. The van der Waals surface area contributed by atoms with E-state index in [2.05, 4.69) is 15.3 Å². The molecule has 5 N–H and O–H groups in total. The van der Waals surface area contributed by atoms with Gasteiger partial charge in [0.15, 0.2) is 11.4 Å². The molecule has 1 heterocycles. The first-order chi connectivity index (χ1) is 9.50. The Morgan fingerprint density at radius 1 is 1.25 bits per heavy atom. The SMILES string of the molecule is NC(=O)c1ccccc1NC(=O)c1nc[nH]c1C(=O)O. The lowest BCUT2D eigenvalue weighted by Gasteiger charge is -2.07. The highest BCUT2D eigenvalue weighted by atomic mass is 16.4. The number of hydrogen-bond donors (Lipinski definition) is 4. The Kier molecular flexibility index (Phi) is 3.47. The van der Waals surface area contributed by atoms with Gasteiger partial charge in [-0.25, -0.2) is 9.78 Å². The number of para-hydroxylation sites is 1. The molecule has 0 fully saturated rings. The Labute approximate surface area is 112 Å². The Hall–Kier alpha value is -3.16. The lowest BCUT2D eigenvalue weighted by atomic mass is 10.1. The minimum atomic E-state index is -1.31. The summed E-state index contributed by atoms with van der Waals surface area (Å²) in [6, 6.07) is 6.11. The number of hydrogen-bond acceptors (Lipinski definition) is 4. The maximum absolute atomic E-state index is 12.0. The third-order valence-corrected chi connectivity index (χ3v) is 2.51. The van der Waals surface area contributed by atoms with E-state index in [1.165, 1.54) is 12.1 Å². The second-order valence-electron chi connectivity index (χ2n) is 3.80. The van der Waals surface area contributed by atoms with E-state index >= 15 is 0 Å². The molecule has 102 valence electrons. The van der Waals surface area contributed by atoms with E-state index < -0.39 is 17.8 Å². The molecule has 0 atom stereocenters. The van der Waals surface area contributed by atoms with E-state index in [1.807, 2.05) is 0 Å². The number of amides is 2. The van der Waals surface area contributed by atoms with Crippen LogP contribution in [0.1, 0.15) is 31.3 Å². The van der Waals surface area contributed by atoms with Crippen molar-refractivity contribution >= 4 is 23.5 Å². The van der Waals surface area contributed by atoms with Crippen molar-refractivity contribution in [1.82, 2.24) is 9.97 Å². The van der Waals surface area contributed by atoms with Gasteiger partial charge in [0.1, 0.15) is 0 Å². The molecule has 0 radical (unpaired) electrons. The zero-order valence-electron chi connectivity index (χ0n) is 10.1. The van der Waals surface area contributed by atoms with Crippen molar-refractivity contribution < 1.29 is 19.5 Å². The number of carboxylic acid groups (broad SMARTS) is 1.